The smallest absolute Gasteiger partial charge is 0.253 e. The maximum absolute atomic E-state index is 13.9. The van der Waals surface area contributed by atoms with Crippen LogP contribution >= 0.6 is 0 Å². The average Bonchev–Trinajstić information content (AvgIpc) is 3.38. The number of benzene rings is 4. The number of hydrogen-bond acceptors (Lipinski definition) is 4. The van der Waals surface area contributed by atoms with E-state index in [4.69, 9.17) is 14.5 Å². The Hall–Kier alpha value is -4.72. The molecule has 0 saturated carbocycles. The van der Waals surface area contributed by atoms with Gasteiger partial charge < -0.3 is 18.9 Å². The van der Waals surface area contributed by atoms with E-state index in [-0.39, 0.29) is 30.1 Å². The second-order valence-electron chi connectivity index (χ2n) is 10.5. The third kappa shape index (κ3) is 5.84. The topological polar surface area (TPSA) is 56.6 Å². The molecular weight excluding hydrogens is 536 g/mol. The number of amides is 1. The normalized spacial score (nSPS) is 13.8. The van der Waals surface area contributed by atoms with Gasteiger partial charge in [0.15, 0.2) is 11.5 Å². The maximum atomic E-state index is 13.9. The predicted molar refractivity (Wildman–Crippen MR) is 157 cm³/mol. The Labute approximate surface area is 243 Å². The Morgan fingerprint density at radius 3 is 2.31 bits per heavy atom. The lowest BCUT2D eigenvalue weighted by molar-refractivity contribution is 0.0710. The first-order valence-corrected chi connectivity index (χ1v) is 14.0. The summed E-state index contributed by atoms with van der Waals surface area (Å²) in [4.78, 5) is 20.3. The predicted octanol–water partition coefficient (Wildman–Crippen LogP) is 6.97. The van der Waals surface area contributed by atoms with Crippen LogP contribution in [0.4, 0.5) is 8.78 Å². The first-order chi connectivity index (χ1) is 20.5. The quantitative estimate of drug-likeness (QED) is 0.203. The van der Waals surface area contributed by atoms with E-state index in [2.05, 4.69) is 4.57 Å². The zero-order valence-corrected chi connectivity index (χ0v) is 23.3. The molecule has 0 atom stereocenters. The number of hydrogen-bond donors (Lipinski definition) is 0. The fourth-order valence-electron chi connectivity index (χ4n) is 5.62. The molecule has 4 aromatic carbocycles. The molecule has 1 aliphatic heterocycles. The molecule has 8 heteroatoms. The van der Waals surface area contributed by atoms with Gasteiger partial charge in [0.1, 0.15) is 24.1 Å². The number of para-hydroxylation sites is 2. The highest BCUT2D eigenvalue weighted by Gasteiger charge is 2.28. The Bertz CT molecular complexity index is 1730. The number of rotatable bonds is 8. The van der Waals surface area contributed by atoms with Crippen LogP contribution in [0.5, 0.6) is 11.5 Å². The molecule has 0 N–H and O–H groups in total. The highest BCUT2D eigenvalue weighted by molar-refractivity contribution is 5.95. The number of carbonyl (C=O) groups is 1. The lowest BCUT2D eigenvalue weighted by atomic mass is 9.95. The molecule has 0 radical (unpaired) electrons. The minimum Gasteiger partial charge on any atom is -0.493 e. The maximum Gasteiger partial charge on any atom is 0.253 e. The fourth-order valence-corrected chi connectivity index (χ4v) is 5.62. The van der Waals surface area contributed by atoms with Crippen molar-refractivity contribution in [3.63, 3.8) is 0 Å². The van der Waals surface area contributed by atoms with Crippen molar-refractivity contribution in [2.75, 3.05) is 20.2 Å². The van der Waals surface area contributed by atoms with Crippen LogP contribution in [0.15, 0.2) is 91.0 Å². The molecule has 0 unspecified atom stereocenters. The number of halogens is 2. The van der Waals surface area contributed by atoms with Gasteiger partial charge in [-0.3, -0.25) is 4.79 Å². The number of imidazole rings is 1. The van der Waals surface area contributed by atoms with Gasteiger partial charge in [0, 0.05) is 31.1 Å². The van der Waals surface area contributed by atoms with Gasteiger partial charge in [0.25, 0.3) is 5.91 Å². The van der Waals surface area contributed by atoms with Crippen LogP contribution in [0.2, 0.25) is 0 Å². The summed E-state index contributed by atoms with van der Waals surface area (Å²) in [6.45, 7) is 1.89. The molecule has 1 fully saturated rings. The molecule has 1 aromatic heterocycles. The number of ether oxygens (including phenoxy) is 2. The third-order valence-electron chi connectivity index (χ3n) is 7.76. The first-order valence-electron chi connectivity index (χ1n) is 14.0. The van der Waals surface area contributed by atoms with E-state index in [0.29, 0.717) is 42.3 Å². The van der Waals surface area contributed by atoms with Crippen molar-refractivity contribution in [1.82, 2.24) is 14.5 Å². The van der Waals surface area contributed by atoms with Crippen LogP contribution in [0.3, 0.4) is 0 Å². The molecule has 0 bridgehead atoms. The van der Waals surface area contributed by atoms with Gasteiger partial charge >= 0.3 is 0 Å². The Kier molecular flexibility index (Phi) is 7.86. The van der Waals surface area contributed by atoms with Gasteiger partial charge in [-0.15, -0.1) is 0 Å². The molecule has 2 heterocycles. The van der Waals surface area contributed by atoms with Crippen molar-refractivity contribution in [3.8, 4) is 11.5 Å². The Morgan fingerprint density at radius 2 is 1.57 bits per heavy atom. The number of fused-ring (bicyclic) bond motifs is 1. The SMILES string of the molecule is COc1cc(C(=O)N2CCC(c3nc4ccccc4n3Cc3cccc(F)c3)CC2)ccc1OCc1cccc(F)c1. The van der Waals surface area contributed by atoms with E-state index >= 15 is 0 Å². The summed E-state index contributed by atoms with van der Waals surface area (Å²) < 4.78 is 41.0. The molecule has 214 valence electrons. The van der Waals surface area contributed by atoms with Gasteiger partial charge in [-0.2, -0.15) is 0 Å². The summed E-state index contributed by atoms with van der Waals surface area (Å²) in [5, 5.41) is 0. The largest absolute Gasteiger partial charge is 0.493 e. The molecule has 6 nitrogen and oxygen atoms in total. The van der Waals surface area contributed by atoms with Crippen LogP contribution in [0.25, 0.3) is 11.0 Å². The van der Waals surface area contributed by atoms with E-state index in [0.717, 1.165) is 35.3 Å². The fraction of sp³-hybridized carbons (Fsp3) is 0.235. The van der Waals surface area contributed by atoms with Crippen LogP contribution < -0.4 is 9.47 Å². The number of piperidine rings is 1. The zero-order chi connectivity index (χ0) is 29.1. The molecule has 5 aromatic rings. The van der Waals surface area contributed by atoms with Crippen LogP contribution in [-0.4, -0.2) is 40.6 Å². The van der Waals surface area contributed by atoms with Crippen molar-refractivity contribution in [2.24, 2.45) is 0 Å². The van der Waals surface area contributed by atoms with Gasteiger partial charge in [0.05, 0.1) is 18.1 Å². The molecule has 1 aliphatic rings. The van der Waals surface area contributed by atoms with Crippen molar-refractivity contribution in [3.05, 3.63) is 125 Å². The monoisotopic (exact) mass is 567 g/mol. The molecule has 6 rings (SSSR count). The summed E-state index contributed by atoms with van der Waals surface area (Å²) in [6.07, 6.45) is 1.54. The Morgan fingerprint density at radius 1 is 0.857 bits per heavy atom. The summed E-state index contributed by atoms with van der Waals surface area (Å²) in [7, 11) is 1.53. The van der Waals surface area contributed by atoms with Gasteiger partial charge in [0.2, 0.25) is 0 Å². The summed E-state index contributed by atoms with van der Waals surface area (Å²) in [5.41, 5.74) is 4.02. The van der Waals surface area contributed by atoms with Crippen molar-refractivity contribution in [2.45, 2.75) is 31.9 Å². The van der Waals surface area contributed by atoms with E-state index in [9.17, 15) is 13.6 Å². The second-order valence-corrected chi connectivity index (χ2v) is 10.5. The minimum atomic E-state index is -0.323. The highest BCUT2D eigenvalue weighted by Crippen LogP contribution is 2.33. The zero-order valence-electron chi connectivity index (χ0n) is 23.3. The second kappa shape index (κ2) is 12.0. The summed E-state index contributed by atoms with van der Waals surface area (Å²) in [5.74, 6) is 1.41. The molecule has 0 aliphatic carbocycles. The van der Waals surface area contributed by atoms with Gasteiger partial charge in [-0.05, 0) is 78.6 Å². The van der Waals surface area contributed by atoms with Crippen molar-refractivity contribution < 1.29 is 23.0 Å². The van der Waals surface area contributed by atoms with E-state index < -0.39 is 0 Å². The van der Waals surface area contributed by atoms with Crippen LogP contribution in [0.1, 0.15) is 46.1 Å². The highest BCUT2D eigenvalue weighted by atomic mass is 19.1. The lowest BCUT2D eigenvalue weighted by Gasteiger charge is -2.32. The van der Waals surface area contributed by atoms with Crippen LogP contribution in [-0.2, 0) is 13.2 Å². The molecule has 42 heavy (non-hydrogen) atoms. The van der Waals surface area contributed by atoms with E-state index in [1.165, 1.54) is 25.3 Å². The molecule has 1 amide bonds. The number of carbonyl (C=O) groups excluding carboxylic acids is 1. The third-order valence-corrected chi connectivity index (χ3v) is 7.76. The number of likely N-dealkylation sites (tertiary alicyclic amines) is 1. The van der Waals surface area contributed by atoms with E-state index in [1.54, 1.807) is 42.5 Å². The van der Waals surface area contributed by atoms with Crippen LogP contribution in [0, 0.1) is 11.6 Å². The minimum absolute atomic E-state index is 0.0725. The number of aromatic nitrogens is 2. The van der Waals surface area contributed by atoms with Crippen molar-refractivity contribution in [1.29, 1.82) is 0 Å². The van der Waals surface area contributed by atoms with Crippen molar-refractivity contribution >= 4 is 16.9 Å². The lowest BCUT2D eigenvalue weighted by Crippen LogP contribution is -2.38. The molecule has 1 saturated heterocycles. The summed E-state index contributed by atoms with van der Waals surface area (Å²) in [6, 6.07) is 26.0. The van der Waals surface area contributed by atoms with Gasteiger partial charge in [-0.25, -0.2) is 13.8 Å². The average molecular weight is 568 g/mol. The Balaban J connectivity index is 1.15. The number of methoxy groups -OCH3 is 1. The standard InChI is InChI=1S/C34H31F2N3O3/c1-41-32-20-26(12-13-31(32)42-22-24-7-5-9-28(36)19-24)34(40)38-16-14-25(15-17-38)33-37-29-10-2-3-11-30(29)39(33)21-23-6-4-8-27(35)18-23/h2-13,18-20,25H,14-17,21-22H2,1H3. The first kappa shape index (κ1) is 27.4. The molecular formula is C34H31F2N3O3. The summed E-state index contributed by atoms with van der Waals surface area (Å²) >= 11 is 0. The molecule has 0 spiro atoms. The van der Waals surface area contributed by atoms with E-state index in [1.807, 2.05) is 35.2 Å². The number of nitrogens with zero attached hydrogens (tertiary/aromatic N) is 3. The van der Waals surface area contributed by atoms with Gasteiger partial charge in [-0.1, -0.05) is 36.4 Å².